The summed E-state index contributed by atoms with van der Waals surface area (Å²) >= 11 is 0. The average Bonchev–Trinajstić information content (AvgIpc) is 3.36. The number of likely N-dealkylation sites (tertiary alicyclic amines) is 1. The molecule has 1 amide bonds. The van der Waals surface area contributed by atoms with Gasteiger partial charge in [0.15, 0.2) is 0 Å². The lowest BCUT2D eigenvalue weighted by Gasteiger charge is -2.33. The highest BCUT2D eigenvalue weighted by Gasteiger charge is 2.52. The van der Waals surface area contributed by atoms with Gasteiger partial charge in [-0.3, -0.25) is 9.69 Å². The molecule has 5 rings (SSSR count). The molecule has 1 saturated heterocycles. The Bertz CT molecular complexity index is 1100. The second-order valence-corrected chi connectivity index (χ2v) is 10.6. The number of rotatable bonds is 5. The largest absolute Gasteiger partial charge is 0.390 e. The Hall–Kier alpha value is -2.70. The van der Waals surface area contributed by atoms with Crippen LogP contribution in [-0.2, 0) is 5.41 Å². The van der Waals surface area contributed by atoms with Gasteiger partial charge in [-0.15, -0.1) is 0 Å². The molecule has 6 heteroatoms. The van der Waals surface area contributed by atoms with Crippen LogP contribution >= 0.6 is 0 Å². The number of fused-ring (bicyclic) bond motifs is 1. The second kappa shape index (κ2) is 7.96. The highest BCUT2D eigenvalue weighted by molar-refractivity contribution is 5.99. The molecule has 0 bridgehead atoms. The molecule has 1 aromatic carbocycles. The number of anilines is 1. The Kier molecular flexibility index (Phi) is 5.33. The SMILES string of the molecule is CC(C)N1CC2=C[C@]2(c2ccc(-c3cnc(N)c(C(=O)NC4CCC(C)(O)CC4)c3)cc2)C1. The van der Waals surface area contributed by atoms with Crippen molar-refractivity contribution >= 4 is 11.7 Å². The number of amides is 1. The minimum atomic E-state index is -0.629. The van der Waals surface area contributed by atoms with E-state index in [1.54, 1.807) is 6.20 Å². The maximum Gasteiger partial charge on any atom is 0.255 e. The first kappa shape index (κ1) is 22.1. The molecule has 2 fully saturated rings. The van der Waals surface area contributed by atoms with Gasteiger partial charge in [-0.2, -0.15) is 0 Å². The zero-order valence-electron chi connectivity index (χ0n) is 19.8. The summed E-state index contributed by atoms with van der Waals surface area (Å²) in [6.07, 6.45) is 7.03. The number of hydrogen-bond donors (Lipinski definition) is 3. The fourth-order valence-electron chi connectivity index (χ4n) is 5.34. The molecule has 0 unspecified atom stereocenters. The van der Waals surface area contributed by atoms with E-state index in [1.807, 2.05) is 13.0 Å². The third-order valence-electron chi connectivity index (χ3n) is 7.76. The Labute approximate surface area is 195 Å². The summed E-state index contributed by atoms with van der Waals surface area (Å²) in [5, 5.41) is 13.2. The lowest BCUT2D eigenvalue weighted by atomic mass is 9.83. The van der Waals surface area contributed by atoms with E-state index in [0.717, 1.165) is 37.1 Å². The molecule has 33 heavy (non-hydrogen) atoms. The highest BCUT2D eigenvalue weighted by atomic mass is 16.3. The first-order valence-corrected chi connectivity index (χ1v) is 12.0. The van der Waals surface area contributed by atoms with E-state index in [4.69, 9.17) is 5.73 Å². The van der Waals surface area contributed by atoms with Crippen molar-refractivity contribution in [1.29, 1.82) is 0 Å². The van der Waals surface area contributed by atoms with Crippen molar-refractivity contribution in [2.75, 3.05) is 18.8 Å². The quantitative estimate of drug-likeness (QED) is 0.610. The summed E-state index contributed by atoms with van der Waals surface area (Å²) in [6, 6.07) is 11.1. The van der Waals surface area contributed by atoms with Gasteiger partial charge in [-0.25, -0.2) is 4.98 Å². The van der Waals surface area contributed by atoms with Crippen molar-refractivity contribution in [1.82, 2.24) is 15.2 Å². The average molecular weight is 447 g/mol. The first-order valence-electron chi connectivity index (χ1n) is 12.0. The number of benzene rings is 1. The molecule has 2 heterocycles. The van der Waals surface area contributed by atoms with Crippen molar-refractivity contribution in [3.63, 3.8) is 0 Å². The monoisotopic (exact) mass is 446 g/mol. The van der Waals surface area contributed by atoms with Crippen LogP contribution in [0.25, 0.3) is 11.1 Å². The van der Waals surface area contributed by atoms with Crippen LogP contribution in [0.15, 0.2) is 48.2 Å². The number of aliphatic hydroxyl groups is 1. The maximum absolute atomic E-state index is 12.9. The smallest absolute Gasteiger partial charge is 0.255 e. The molecular formula is C27H34N4O2. The van der Waals surface area contributed by atoms with E-state index >= 15 is 0 Å². The number of carbonyl (C=O) groups excluding carboxylic acids is 1. The molecule has 2 aromatic rings. The lowest BCUT2D eigenvalue weighted by molar-refractivity contribution is 0.0140. The number of aromatic nitrogens is 1. The summed E-state index contributed by atoms with van der Waals surface area (Å²) in [5.41, 5.74) is 10.7. The molecule has 0 radical (unpaired) electrons. The van der Waals surface area contributed by atoms with Crippen molar-refractivity contribution < 1.29 is 9.90 Å². The van der Waals surface area contributed by atoms with Crippen LogP contribution in [0, 0.1) is 0 Å². The molecule has 1 aliphatic heterocycles. The van der Waals surface area contributed by atoms with Gasteiger partial charge in [0.1, 0.15) is 5.82 Å². The van der Waals surface area contributed by atoms with Crippen LogP contribution in [-0.4, -0.2) is 51.7 Å². The van der Waals surface area contributed by atoms with Crippen LogP contribution in [0.3, 0.4) is 0 Å². The molecule has 6 nitrogen and oxygen atoms in total. The summed E-state index contributed by atoms with van der Waals surface area (Å²) in [4.78, 5) is 19.8. The number of pyridine rings is 1. The van der Waals surface area contributed by atoms with Gasteiger partial charge in [0.2, 0.25) is 0 Å². The van der Waals surface area contributed by atoms with E-state index in [9.17, 15) is 9.90 Å². The maximum atomic E-state index is 12.9. The van der Waals surface area contributed by atoms with Crippen molar-refractivity contribution in [2.24, 2.45) is 0 Å². The summed E-state index contributed by atoms with van der Waals surface area (Å²) in [6.45, 7) is 8.49. The van der Waals surface area contributed by atoms with Gasteiger partial charge in [-0.05, 0) is 69.2 Å². The van der Waals surface area contributed by atoms with Gasteiger partial charge in [0.05, 0.1) is 11.2 Å². The van der Waals surface area contributed by atoms with Gasteiger partial charge >= 0.3 is 0 Å². The number of nitrogen functional groups attached to an aromatic ring is 1. The minimum absolute atomic E-state index is 0.0522. The van der Waals surface area contributed by atoms with Crippen LogP contribution < -0.4 is 11.1 Å². The normalized spacial score (nSPS) is 29.0. The molecule has 1 aromatic heterocycles. The lowest BCUT2D eigenvalue weighted by Crippen LogP contribution is -2.42. The second-order valence-electron chi connectivity index (χ2n) is 10.6. The van der Waals surface area contributed by atoms with Gasteiger partial charge in [-0.1, -0.05) is 30.3 Å². The third kappa shape index (κ3) is 4.18. The summed E-state index contributed by atoms with van der Waals surface area (Å²) < 4.78 is 0. The molecular weight excluding hydrogens is 412 g/mol. The Morgan fingerprint density at radius 3 is 2.55 bits per heavy atom. The molecule has 1 atom stereocenters. The molecule has 1 saturated carbocycles. The standard InChI is InChI=1S/C27H34N4O2/c1-17(2)31-15-21-13-27(21,16-31)20-6-4-18(5-7-20)19-12-23(24(28)29-14-19)25(32)30-22-8-10-26(3,33)11-9-22/h4-7,12-14,17,22,33H,8-11,15-16H2,1-3H3,(H2,28,29)(H,30,32)/t22?,26?,27-/m1/s1. The number of carbonyl (C=O) groups is 1. The molecule has 3 aliphatic rings. The van der Waals surface area contributed by atoms with Crippen LogP contribution in [0.2, 0.25) is 0 Å². The Morgan fingerprint density at radius 2 is 1.91 bits per heavy atom. The Balaban J connectivity index is 1.30. The van der Waals surface area contributed by atoms with Crippen LogP contribution in [0.1, 0.15) is 62.4 Å². The van der Waals surface area contributed by atoms with Gasteiger partial charge in [0, 0.05) is 42.3 Å². The first-order chi connectivity index (χ1) is 15.7. The van der Waals surface area contributed by atoms with Crippen LogP contribution in [0.4, 0.5) is 5.82 Å². The van der Waals surface area contributed by atoms with Crippen molar-refractivity contribution in [3.8, 4) is 11.1 Å². The highest BCUT2D eigenvalue weighted by Crippen LogP contribution is 2.52. The summed E-state index contributed by atoms with van der Waals surface area (Å²) in [5.74, 6) is 0.0385. The minimum Gasteiger partial charge on any atom is -0.390 e. The number of hydrogen-bond acceptors (Lipinski definition) is 5. The van der Waals surface area contributed by atoms with Gasteiger partial charge in [0.25, 0.3) is 5.91 Å². The van der Waals surface area contributed by atoms with Crippen molar-refractivity contribution in [2.45, 2.75) is 69.6 Å². The molecule has 4 N–H and O–H groups in total. The third-order valence-corrected chi connectivity index (χ3v) is 7.76. The van der Waals surface area contributed by atoms with E-state index in [-0.39, 0.29) is 23.2 Å². The predicted octanol–water partition coefficient (Wildman–Crippen LogP) is 3.66. The van der Waals surface area contributed by atoms with Crippen molar-refractivity contribution in [3.05, 3.63) is 59.3 Å². The van der Waals surface area contributed by atoms with E-state index < -0.39 is 5.60 Å². The van der Waals surface area contributed by atoms with Gasteiger partial charge < -0.3 is 16.2 Å². The topological polar surface area (TPSA) is 91.5 Å². The zero-order chi connectivity index (χ0) is 23.4. The zero-order valence-corrected chi connectivity index (χ0v) is 19.8. The summed E-state index contributed by atoms with van der Waals surface area (Å²) in [7, 11) is 0. The Morgan fingerprint density at radius 1 is 1.21 bits per heavy atom. The number of nitrogens with zero attached hydrogens (tertiary/aromatic N) is 2. The number of nitrogens with one attached hydrogen (secondary N) is 1. The van der Waals surface area contributed by atoms with E-state index in [1.165, 1.54) is 11.1 Å². The predicted molar refractivity (Wildman–Crippen MR) is 131 cm³/mol. The van der Waals surface area contributed by atoms with E-state index in [2.05, 4.69) is 59.4 Å². The fraction of sp³-hybridized carbons (Fsp3) is 0.481. The fourth-order valence-corrected chi connectivity index (χ4v) is 5.34. The molecule has 2 aliphatic carbocycles. The van der Waals surface area contributed by atoms with E-state index in [0.29, 0.717) is 24.4 Å². The molecule has 174 valence electrons. The number of nitrogens with two attached hydrogens (primary N) is 1. The molecule has 0 spiro atoms. The van der Waals surface area contributed by atoms with Crippen LogP contribution in [0.5, 0.6) is 0 Å².